The Kier molecular flexibility index (Phi) is 3.07. The first-order valence-electron chi connectivity index (χ1n) is 6.28. The predicted molar refractivity (Wildman–Crippen MR) is 69.0 cm³/mol. The van der Waals surface area contributed by atoms with Gasteiger partial charge in [-0.05, 0) is 56.8 Å². The first-order valence-corrected chi connectivity index (χ1v) is 6.69. The van der Waals surface area contributed by atoms with E-state index in [1.54, 1.807) is 0 Å². The first kappa shape index (κ1) is 11.4. The van der Waals surface area contributed by atoms with Crippen LogP contribution in [0.3, 0.4) is 0 Å². The van der Waals surface area contributed by atoms with Gasteiger partial charge in [-0.25, -0.2) is 0 Å². The molecule has 0 radical (unpaired) electrons. The highest BCUT2D eigenvalue weighted by atomic mass is 32.1. The lowest BCUT2D eigenvalue weighted by atomic mass is 9.61. The summed E-state index contributed by atoms with van der Waals surface area (Å²) in [6.45, 7) is 6.83. The smallest absolute Gasteiger partial charge is 0.0726 e. The molecular formula is C13H23NS. The minimum absolute atomic E-state index is 0.353. The Morgan fingerprint density at radius 1 is 1.13 bits per heavy atom. The molecule has 2 unspecified atom stereocenters. The molecule has 2 atom stereocenters. The molecule has 2 saturated carbocycles. The zero-order valence-corrected chi connectivity index (χ0v) is 11.0. The topological polar surface area (TPSA) is 12.0 Å². The van der Waals surface area contributed by atoms with E-state index < -0.39 is 0 Å². The van der Waals surface area contributed by atoms with Gasteiger partial charge in [0.2, 0.25) is 0 Å². The van der Waals surface area contributed by atoms with Crippen LogP contribution in [0, 0.1) is 17.8 Å². The Bertz CT molecular complexity index is 242. The molecule has 2 fully saturated rings. The van der Waals surface area contributed by atoms with Gasteiger partial charge in [-0.3, -0.25) is 0 Å². The minimum Gasteiger partial charge on any atom is -0.374 e. The third-order valence-electron chi connectivity index (χ3n) is 4.07. The summed E-state index contributed by atoms with van der Waals surface area (Å²) in [7, 11) is 0. The van der Waals surface area contributed by atoms with E-state index in [1.165, 1.54) is 32.1 Å². The van der Waals surface area contributed by atoms with Gasteiger partial charge in [0.05, 0.1) is 4.99 Å². The second-order valence-corrected chi connectivity index (χ2v) is 6.73. The van der Waals surface area contributed by atoms with E-state index in [4.69, 9.17) is 12.2 Å². The van der Waals surface area contributed by atoms with Crippen LogP contribution in [0.4, 0.5) is 0 Å². The summed E-state index contributed by atoms with van der Waals surface area (Å²) < 4.78 is 0. The second kappa shape index (κ2) is 4.04. The zero-order valence-electron chi connectivity index (χ0n) is 10.2. The molecule has 86 valence electrons. The van der Waals surface area contributed by atoms with Crippen molar-refractivity contribution in [2.75, 3.05) is 0 Å². The molecule has 0 spiro atoms. The molecule has 2 rings (SSSR count). The molecule has 2 heteroatoms. The van der Waals surface area contributed by atoms with Crippen LogP contribution in [0.5, 0.6) is 0 Å². The van der Waals surface area contributed by atoms with Gasteiger partial charge in [0.15, 0.2) is 0 Å². The standard InChI is InChI=1S/C13H23NS/c1-9-4-12-5-10(2)7-13(6-9,8-12)14-11(3)15/h9-10,12H,4-8H2,1-3H3,(H,14,15). The van der Waals surface area contributed by atoms with Crippen LogP contribution < -0.4 is 5.32 Å². The summed E-state index contributed by atoms with van der Waals surface area (Å²) in [5.74, 6) is 2.69. The summed E-state index contributed by atoms with van der Waals surface area (Å²) >= 11 is 5.24. The van der Waals surface area contributed by atoms with Crippen LogP contribution in [0.15, 0.2) is 0 Å². The SMILES string of the molecule is CC(=S)NC12CC(C)CC(CC(C)C1)C2. The van der Waals surface area contributed by atoms with E-state index in [1.807, 2.05) is 6.92 Å². The van der Waals surface area contributed by atoms with Crippen molar-refractivity contribution < 1.29 is 0 Å². The number of nitrogens with one attached hydrogen (secondary N) is 1. The van der Waals surface area contributed by atoms with Crippen LogP contribution in [-0.2, 0) is 0 Å². The molecule has 0 heterocycles. The average Bonchev–Trinajstić information content (AvgIpc) is 1.96. The van der Waals surface area contributed by atoms with Crippen molar-refractivity contribution in [1.29, 1.82) is 0 Å². The molecule has 2 aliphatic rings. The molecule has 2 bridgehead atoms. The van der Waals surface area contributed by atoms with Crippen LogP contribution in [0.1, 0.15) is 52.9 Å². The number of hydrogen-bond acceptors (Lipinski definition) is 1. The zero-order chi connectivity index (χ0) is 11.1. The molecule has 1 nitrogen and oxygen atoms in total. The van der Waals surface area contributed by atoms with Crippen molar-refractivity contribution in [1.82, 2.24) is 5.32 Å². The third kappa shape index (κ3) is 2.52. The quantitative estimate of drug-likeness (QED) is 0.685. The number of fused-ring (bicyclic) bond motifs is 2. The van der Waals surface area contributed by atoms with Crippen LogP contribution in [-0.4, -0.2) is 10.5 Å². The highest BCUT2D eigenvalue weighted by Crippen LogP contribution is 2.47. The van der Waals surface area contributed by atoms with E-state index in [0.717, 1.165) is 22.7 Å². The summed E-state index contributed by atoms with van der Waals surface area (Å²) in [5, 5.41) is 3.62. The Morgan fingerprint density at radius 2 is 1.67 bits per heavy atom. The summed E-state index contributed by atoms with van der Waals surface area (Å²) in [6, 6.07) is 0. The maximum atomic E-state index is 5.24. The van der Waals surface area contributed by atoms with Gasteiger partial charge in [-0.2, -0.15) is 0 Å². The molecule has 0 amide bonds. The molecule has 2 aliphatic carbocycles. The van der Waals surface area contributed by atoms with Gasteiger partial charge in [-0.15, -0.1) is 0 Å². The van der Waals surface area contributed by atoms with E-state index in [0.29, 0.717) is 5.54 Å². The number of hydrogen-bond donors (Lipinski definition) is 1. The molecule has 0 aromatic rings. The molecule has 0 aliphatic heterocycles. The van der Waals surface area contributed by atoms with E-state index in [9.17, 15) is 0 Å². The predicted octanol–water partition coefficient (Wildman–Crippen LogP) is 3.53. The molecule has 15 heavy (non-hydrogen) atoms. The van der Waals surface area contributed by atoms with Gasteiger partial charge >= 0.3 is 0 Å². The fourth-order valence-corrected chi connectivity index (χ4v) is 4.45. The molecule has 0 aromatic heterocycles. The second-order valence-electron chi connectivity index (χ2n) is 6.12. The summed E-state index contributed by atoms with van der Waals surface area (Å²) in [4.78, 5) is 0.983. The Labute approximate surface area is 99.0 Å². The van der Waals surface area contributed by atoms with E-state index in [2.05, 4.69) is 19.2 Å². The van der Waals surface area contributed by atoms with E-state index >= 15 is 0 Å². The van der Waals surface area contributed by atoms with Crippen LogP contribution in [0.25, 0.3) is 0 Å². The monoisotopic (exact) mass is 225 g/mol. The highest BCUT2D eigenvalue weighted by Gasteiger charge is 2.44. The van der Waals surface area contributed by atoms with Gasteiger partial charge in [-0.1, -0.05) is 26.1 Å². The molecule has 1 N–H and O–H groups in total. The van der Waals surface area contributed by atoms with Gasteiger partial charge in [0.25, 0.3) is 0 Å². The molecule has 0 aromatic carbocycles. The largest absolute Gasteiger partial charge is 0.374 e. The van der Waals surface area contributed by atoms with E-state index in [-0.39, 0.29) is 0 Å². The Balaban J connectivity index is 2.15. The minimum atomic E-state index is 0.353. The van der Waals surface area contributed by atoms with Crippen molar-refractivity contribution >= 4 is 17.2 Å². The Morgan fingerprint density at radius 3 is 2.13 bits per heavy atom. The Hall–Kier alpha value is -0.110. The van der Waals surface area contributed by atoms with Crippen LogP contribution >= 0.6 is 12.2 Å². The molecular weight excluding hydrogens is 202 g/mol. The third-order valence-corrected chi connectivity index (χ3v) is 4.17. The maximum Gasteiger partial charge on any atom is 0.0726 e. The number of rotatable bonds is 1. The van der Waals surface area contributed by atoms with Gasteiger partial charge in [0.1, 0.15) is 0 Å². The highest BCUT2D eigenvalue weighted by molar-refractivity contribution is 7.80. The summed E-state index contributed by atoms with van der Waals surface area (Å²) in [6.07, 6.45) is 6.87. The lowest BCUT2D eigenvalue weighted by molar-refractivity contribution is 0.0699. The van der Waals surface area contributed by atoms with Crippen molar-refractivity contribution in [3.05, 3.63) is 0 Å². The van der Waals surface area contributed by atoms with Crippen molar-refractivity contribution in [3.8, 4) is 0 Å². The van der Waals surface area contributed by atoms with Gasteiger partial charge < -0.3 is 5.32 Å². The number of thiocarbonyl (C=S) groups is 1. The van der Waals surface area contributed by atoms with Crippen LogP contribution in [0.2, 0.25) is 0 Å². The van der Waals surface area contributed by atoms with Crippen molar-refractivity contribution in [3.63, 3.8) is 0 Å². The lowest BCUT2D eigenvalue weighted by Gasteiger charge is -2.50. The fraction of sp³-hybridized carbons (Fsp3) is 0.923. The van der Waals surface area contributed by atoms with Crippen molar-refractivity contribution in [2.24, 2.45) is 17.8 Å². The maximum absolute atomic E-state index is 5.24. The van der Waals surface area contributed by atoms with Gasteiger partial charge in [0, 0.05) is 5.54 Å². The normalized spacial score (nSPS) is 44.9. The lowest BCUT2D eigenvalue weighted by Crippen LogP contribution is -2.55. The molecule has 0 saturated heterocycles. The van der Waals surface area contributed by atoms with Crippen molar-refractivity contribution in [2.45, 2.75) is 58.4 Å². The first-order chi connectivity index (χ1) is 6.99. The average molecular weight is 225 g/mol. The summed E-state index contributed by atoms with van der Waals surface area (Å²) in [5.41, 5.74) is 0.353. The fourth-order valence-electron chi connectivity index (χ4n) is 4.23.